The SMILES string of the molecule is C[C@@H]1CC[C@H]2C(CO)=C(C(F)(F)F)O[C@@H]3O[C@]4(C)CCC1[C@]32OO4.Cc1ccc(S(=O)(=O)Cl)cc1.Cc1ccc(S(=O)(=O)OCCOCC2=C(C(F)(F)F)O[C@@H]3O[C@]4(C)CCC5[C@H](C)CC[C@@H]2[C@]53OO4)cc1. The second kappa shape index (κ2) is 20.1. The van der Waals surface area contributed by atoms with Gasteiger partial charge in [0.15, 0.2) is 11.2 Å². The van der Waals surface area contributed by atoms with Gasteiger partial charge in [-0.1, -0.05) is 49.2 Å². The Labute approximate surface area is 418 Å². The van der Waals surface area contributed by atoms with Crippen molar-refractivity contribution in [3.63, 3.8) is 0 Å². The maximum absolute atomic E-state index is 14.2. The topological polar surface area (TPSA) is 181 Å². The largest absolute Gasteiger partial charge is 0.456 e. The lowest BCUT2D eigenvalue weighted by molar-refractivity contribution is -0.558. The van der Waals surface area contributed by atoms with Crippen LogP contribution in [0.15, 0.2) is 81.0 Å². The molecule has 12 atom stereocenters. The van der Waals surface area contributed by atoms with Crippen molar-refractivity contribution >= 4 is 29.9 Å². The lowest BCUT2D eigenvalue weighted by Gasteiger charge is -2.57. The Bertz CT molecular complexity index is 2600. The highest BCUT2D eigenvalue weighted by Crippen LogP contribution is 2.63. The first kappa shape index (κ1) is 55.2. The normalized spacial score (nSPS) is 36.0. The van der Waals surface area contributed by atoms with Crippen LogP contribution in [0.1, 0.15) is 90.2 Å². The van der Waals surface area contributed by atoms with E-state index in [1.54, 1.807) is 38.1 Å². The zero-order chi connectivity index (χ0) is 52.5. The molecular weight excluding hydrogens is 1030 g/mol. The predicted molar refractivity (Wildman–Crippen MR) is 240 cm³/mol. The molecule has 402 valence electrons. The number of aliphatic hydroxyl groups excluding tert-OH is 1. The highest BCUT2D eigenvalue weighted by atomic mass is 35.7. The van der Waals surface area contributed by atoms with Gasteiger partial charge in [-0.15, -0.1) is 0 Å². The molecule has 2 saturated carbocycles. The van der Waals surface area contributed by atoms with Gasteiger partial charge >= 0.3 is 12.4 Å². The van der Waals surface area contributed by atoms with Gasteiger partial charge in [0.2, 0.25) is 35.7 Å². The zero-order valence-corrected chi connectivity index (χ0v) is 42.7. The number of hydrogen-bond donors (Lipinski definition) is 1. The van der Waals surface area contributed by atoms with E-state index in [1.165, 1.54) is 24.3 Å². The van der Waals surface area contributed by atoms with E-state index in [4.69, 9.17) is 58.1 Å². The first-order chi connectivity index (χ1) is 33.6. The van der Waals surface area contributed by atoms with Gasteiger partial charge in [-0.05, 0) is 102 Å². The number of alkyl halides is 6. The van der Waals surface area contributed by atoms with Crippen molar-refractivity contribution in [1.29, 1.82) is 0 Å². The van der Waals surface area contributed by atoms with E-state index in [1.807, 2.05) is 13.8 Å². The molecule has 2 aromatic carbocycles. The molecule has 2 aliphatic carbocycles. The molecule has 0 amide bonds. The van der Waals surface area contributed by atoms with Crippen molar-refractivity contribution < 1.29 is 95.7 Å². The fraction of sp³-hybridized carbons (Fsp3) is 0.667. The van der Waals surface area contributed by atoms with Crippen LogP contribution in [0.25, 0.3) is 0 Å². The first-order valence-corrected chi connectivity index (χ1v) is 27.5. The fourth-order valence-electron chi connectivity index (χ4n) is 11.7. The van der Waals surface area contributed by atoms with Crippen molar-refractivity contribution in [2.75, 3.05) is 26.4 Å². The summed E-state index contributed by atoms with van der Waals surface area (Å²) in [6, 6.07) is 12.5. The van der Waals surface area contributed by atoms with Crippen molar-refractivity contribution in [1.82, 2.24) is 0 Å². The molecule has 8 fully saturated rings. The van der Waals surface area contributed by atoms with Crippen molar-refractivity contribution in [2.45, 2.75) is 150 Å². The second-order valence-electron chi connectivity index (χ2n) is 20.2. The maximum atomic E-state index is 14.2. The van der Waals surface area contributed by atoms with Gasteiger partial charge in [-0.2, -0.15) is 34.8 Å². The summed E-state index contributed by atoms with van der Waals surface area (Å²) in [4.78, 5) is 22.9. The van der Waals surface area contributed by atoms with Crippen LogP contribution in [-0.4, -0.2) is 96.1 Å². The van der Waals surface area contributed by atoms with E-state index in [-0.39, 0.29) is 57.8 Å². The van der Waals surface area contributed by atoms with E-state index in [0.717, 1.165) is 17.5 Å². The van der Waals surface area contributed by atoms with E-state index >= 15 is 0 Å². The van der Waals surface area contributed by atoms with Crippen LogP contribution < -0.4 is 0 Å². The Morgan fingerprint density at radius 1 is 0.639 bits per heavy atom. The average Bonchev–Trinajstić information content (AvgIpc) is 3.68. The molecule has 12 rings (SSSR count). The summed E-state index contributed by atoms with van der Waals surface area (Å²) in [6.07, 6.45) is -7.21. The van der Waals surface area contributed by atoms with E-state index in [0.29, 0.717) is 44.9 Å². The molecule has 15 nitrogen and oxygen atoms in total. The molecule has 8 heterocycles. The zero-order valence-electron chi connectivity index (χ0n) is 40.3. The molecule has 4 bridgehead atoms. The molecule has 24 heteroatoms. The molecule has 8 aliphatic heterocycles. The summed E-state index contributed by atoms with van der Waals surface area (Å²) in [5.41, 5.74) is -0.711. The predicted octanol–water partition coefficient (Wildman–Crippen LogP) is 9.74. The molecule has 0 aromatic heterocycles. The number of allylic oxidation sites excluding steroid dienone is 2. The molecule has 2 spiro atoms. The molecular formula is C48H59ClF6O15S2. The van der Waals surface area contributed by atoms with Gasteiger partial charge < -0.3 is 28.8 Å². The van der Waals surface area contributed by atoms with Crippen molar-refractivity contribution in [3.8, 4) is 0 Å². The van der Waals surface area contributed by atoms with Crippen molar-refractivity contribution in [2.24, 2.45) is 35.5 Å². The van der Waals surface area contributed by atoms with Crippen LogP contribution >= 0.6 is 10.7 Å². The number of hydrogen-bond acceptors (Lipinski definition) is 15. The summed E-state index contributed by atoms with van der Waals surface area (Å²) in [5.74, 6) is -5.71. The van der Waals surface area contributed by atoms with Crippen LogP contribution in [-0.2, 0) is 66.6 Å². The Kier molecular flexibility index (Phi) is 15.4. The third-order valence-electron chi connectivity index (χ3n) is 15.3. The summed E-state index contributed by atoms with van der Waals surface area (Å²) in [6.45, 7) is 9.37. The third kappa shape index (κ3) is 10.6. The first-order valence-electron chi connectivity index (χ1n) is 23.8. The number of fused-ring (bicyclic) bond motifs is 4. The van der Waals surface area contributed by atoms with Gasteiger partial charge in [0.25, 0.3) is 19.2 Å². The van der Waals surface area contributed by atoms with Gasteiger partial charge in [-0.25, -0.2) is 28.0 Å². The molecule has 2 unspecified atom stereocenters. The number of aliphatic hydroxyl groups is 1. The smallest absolute Gasteiger partial charge is 0.449 e. The highest BCUT2D eigenvalue weighted by molar-refractivity contribution is 8.13. The minimum Gasteiger partial charge on any atom is -0.456 e. The second-order valence-corrected chi connectivity index (χ2v) is 24.4. The van der Waals surface area contributed by atoms with Crippen LogP contribution in [0.2, 0.25) is 0 Å². The van der Waals surface area contributed by atoms with Crippen LogP contribution in [0, 0.1) is 49.4 Å². The van der Waals surface area contributed by atoms with Gasteiger partial charge in [0.1, 0.15) is 0 Å². The molecule has 72 heavy (non-hydrogen) atoms. The standard InChI is InChI=1S/C25H31F3O8S.C16H21F3O5.C7H7ClO2S/c1-15-4-7-17(8-5-15)37(29,30)32-13-12-31-14-18-20-9-6-16(2)19-10-11-23(3)34-22(24(19,20)36-35-23)33-21(18)25(26,27)28;1-8-3-4-11-9(7-20)12(16(17,18)19)21-13-15(11)10(8)5-6-14(2,22-13)23-24-15;1-6-2-4-7(5-3-6)11(8,9)10/h4-5,7-8,16,19-20,22H,6,9-14H2,1-3H3;8,10-11,13,20H,3-7H2,1-2H3;2-5H,1H3/t16-,19?,20+,22-,23+,24-;8-,10?,11+,13-,14+,15-;/m11./s1. The van der Waals surface area contributed by atoms with Gasteiger partial charge in [-0.3, -0.25) is 4.18 Å². The Balaban J connectivity index is 0.000000168. The molecule has 6 saturated heterocycles. The molecule has 2 aromatic rings. The number of benzene rings is 2. The third-order valence-corrected chi connectivity index (χ3v) is 18.0. The highest BCUT2D eigenvalue weighted by Gasteiger charge is 2.72. The van der Waals surface area contributed by atoms with E-state index < -0.39 is 103 Å². The fourth-order valence-corrected chi connectivity index (χ4v) is 13.3. The molecule has 1 N–H and O–H groups in total. The number of ether oxygens (including phenoxy) is 5. The number of halogens is 7. The Hall–Kier alpha value is -3.07. The molecule has 0 radical (unpaired) electrons. The van der Waals surface area contributed by atoms with E-state index in [9.17, 15) is 48.3 Å². The number of aryl methyl sites for hydroxylation is 2. The quantitative estimate of drug-likeness (QED) is 0.0824. The average molecular weight is 1090 g/mol. The monoisotopic (exact) mass is 1090 g/mol. The minimum absolute atomic E-state index is 0.0110. The lowest BCUT2D eigenvalue weighted by Crippen LogP contribution is -2.67. The van der Waals surface area contributed by atoms with Gasteiger partial charge in [0.05, 0.1) is 36.2 Å². The Morgan fingerprint density at radius 3 is 1.50 bits per heavy atom. The molecule has 10 aliphatic rings. The summed E-state index contributed by atoms with van der Waals surface area (Å²) >= 11 is 0. The van der Waals surface area contributed by atoms with E-state index in [2.05, 4.69) is 13.8 Å². The van der Waals surface area contributed by atoms with Crippen molar-refractivity contribution in [3.05, 3.63) is 82.3 Å². The lowest BCUT2D eigenvalue weighted by atomic mass is 9.59. The Morgan fingerprint density at radius 2 is 1.07 bits per heavy atom. The maximum Gasteiger partial charge on any atom is 0.449 e. The summed E-state index contributed by atoms with van der Waals surface area (Å²) in [7, 11) is -2.48. The summed E-state index contributed by atoms with van der Waals surface area (Å²) in [5, 5.41) is 9.66. The van der Waals surface area contributed by atoms with Crippen LogP contribution in [0.4, 0.5) is 26.3 Å². The van der Waals surface area contributed by atoms with Crippen LogP contribution in [0.5, 0.6) is 0 Å². The number of rotatable bonds is 9. The summed E-state index contributed by atoms with van der Waals surface area (Å²) < 4.78 is 162. The minimum atomic E-state index is -4.78. The van der Waals surface area contributed by atoms with Gasteiger partial charge in [0, 0.05) is 58.3 Å². The van der Waals surface area contributed by atoms with Crippen LogP contribution in [0.3, 0.4) is 0 Å².